The number of urea groups is 2. The number of carbonyl (C=O) groups is 2. The molecule has 2 aromatic carbocycles. The van der Waals surface area contributed by atoms with Gasteiger partial charge in [-0.05, 0) is 17.7 Å². The molecule has 2 heterocycles. The first-order valence-electron chi connectivity index (χ1n) is 11.6. The van der Waals surface area contributed by atoms with E-state index >= 15 is 0 Å². The van der Waals surface area contributed by atoms with Crippen LogP contribution in [0.1, 0.15) is 11.5 Å². The third kappa shape index (κ3) is 6.79. The Bertz CT molecular complexity index is 1440. The first-order valence-corrected chi connectivity index (χ1v) is 11.6. The molecule has 0 fully saturated rings. The predicted octanol–water partition coefficient (Wildman–Crippen LogP) is 4.86. The predicted molar refractivity (Wildman–Crippen MR) is 131 cm³/mol. The molecule has 11 nitrogen and oxygen atoms in total. The smallest absolute Gasteiger partial charge is 0.466 e. The number of carbonyl (C=O) groups excluding carboxylic acids is 2. The minimum Gasteiger partial charge on any atom is -0.466 e. The van der Waals surface area contributed by atoms with E-state index in [1.54, 1.807) is 12.1 Å². The van der Waals surface area contributed by atoms with Gasteiger partial charge in [-0.15, -0.1) is 0 Å². The standard InChI is InChI=1S/C24H21F6N7O4/c1-35(16-5-3-4-6-17(16)37-12-18(40-13-37)23(25,26)27)22(39)33-36(2)21(38)31-11-14-7-9-15(10-8-14)19-32-20(41-34-19)24(28,29)30/h3-10,12H,11,13H2,1-2H3,(H,31,38)(H,33,39). The van der Waals surface area contributed by atoms with Gasteiger partial charge in [-0.1, -0.05) is 41.6 Å². The van der Waals surface area contributed by atoms with E-state index in [1.807, 2.05) is 0 Å². The number of nitrogens with one attached hydrogen (secondary N) is 2. The number of aromatic nitrogens is 2. The maximum atomic E-state index is 13.0. The van der Waals surface area contributed by atoms with Gasteiger partial charge in [-0.2, -0.15) is 31.3 Å². The summed E-state index contributed by atoms with van der Waals surface area (Å²) in [5, 5.41) is 6.73. The molecule has 3 aromatic rings. The third-order valence-corrected chi connectivity index (χ3v) is 5.66. The van der Waals surface area contributed by atoms with Crippen LogP contribution >= 0.6 is 0 Å². The topological polar surface area (TPSA) is 116 Å². The summed E-state index contributed by atoms with van der Waals surface area (Å²) in [7, 11) is 2.64. The summed E-state index contributed by atoms with van der Waals surface area (Å²) in [4.78, 5) is 30.9. The van der Waals surface area contributed by atoms with Crippen molar-refractivity contribution >= 4 is 23.4 Å². The number of rotatable bonds is 5. The fourth-order valence-electron chi connectivity index (χ4n) is 3.54. The molecule has 0 aliphatic carbocycles. The Morgan fingerprint density at radius 1 is 0.976 bits per heavy atom. The second-order valence-electron chi connectivity index (χ2n) is 8.53. The third-order valence-electron chi connectivity index (χ3n) is 5.66. The van der Waals surface area contributed by atoms with Crippen LogP contribution in [0.4, 0.5) is 47.3 Å². The lowest BCUT2D eigenvalue weighted by Crippen LogP contribution is -2.51. The molecule has 1 aliphatic heterocycles. The monoisotopic (exact) mass is 585 g/mol. The Labute approximate surface area is 227 Å². The fourth-order valence-corrected chi connectivity index (χ4v) is 3.54. The van der Waals surface area contributed by atoms with Crippen LogP contribution in [0.3, 0.4) is 0 Å². The van der Waals surface area contributed by atoms with Gasteiger partial charge in [0.05, 0.1) is 17.6 Å². The van der Waals surface area contributed by atoms with E-state index in [1.165, 1.54) is 55.4 Å². The molecule has 2 N–H and O–H groups in total. The van der Waals surface area contributed by atoms with Crippen LogP contribution in [-0.4, -0.2) is 54.2 Å². The Balaban J connectivity index is 1.33. The van der Waals surface area contributed by atoms with Gasteiger partial charge < -0.3 is 19.5 Å². The van der Waals surface area contributed by atoms with E-state index in [0.717, 1.165) is 16.1 Å². The Hall–Kier alpha value is -4.96. The number of hydrazine groups is 1. The van der Waals surface area contributed by atoms with Gasteiger partial charge in [0.2, 0.25) is 11.6 Å². The van der Waals surface area contributed by atoms with E-state index < -0.39 is 42.8 Å². The number of nitrogens with zero attached hydrogens (tertiary/aromatic N) is 5. The molecule has 1 aliphatic rings. The van der Waals surface area contributed by atoms with E-state index in [2.05, 4.69) is 25.4 Å². The Morgan fingerprint density at radius 2 is 1.66 bits per heavy atom. The number of para-hydroxylation sites is 2. The molecule has 41 heavy (non-hydrogen) atoms. The molecule has 0 bridgehead atoms. The van der Waals surface area contributed by atoms with Crippen LogP contribution in [0, 0.1) is 0 Å². The molecule has 0 unspecified atom stereocenters. The van der Waals surface area contributed by atoms with Crippen molar-refractivity contribution in [2.24, 2.45) is 0 Å². The molecule has 218 valence electrons. The summed E-state index contributed by atoms with van der Waals surface area (Å²) in [5.41, 5.74) is 3.69. The second-order valence-corrected chi connectivity index (χ2v) is 8.53. The maximum Gasteiger partial charge on any atom is 0.471 e. The number of benzene rings is 2. The molecule has 17 heteroatoms. The van der Waals surface area contributed by atoms with E-state index in [4.69, 9.17) is 4.74 Å². The number of allylic oxidation sites excluding steroid dienone is 1. The zero-order valence-electron chi connectivity index (χ0n) is 21.2. The molecule has 0 radical (unpaired) electrons. The van der Waals surface area contributed by atoms with Gasteiger partial charge in [0, 0.05) is 26.2 Å². The van der Waals surface area contributed by atoms with Crippen molar-refractivity contribution in [2.45, 2.75) is 18.9 Å². The van der Waals surface area contributed by atoms with Crippen molar-refractivity contribution in [3.63, 3.8) is 0 Å². The second kappa shape index (κ2) is 11.3. The number of hydrogen-bond donors (Lipinski definition) is 2. The minimum atomic E-state index is -4.77. The zero-order chi connectivity index (χ0) is 29.9. The largest absolute Gasteiger partial charge is 0.471 e. The van der Waals surface area contributed by atoms with Gasteiger partial charge in [-0.3, -0.25) is 4.90 Å². The molecule has 1 aromatic heterocycles. The molecule has 0 saturated carbocycles. The van der Waals surface area contributed by atoms with Crippen molar-refractivity contribution in [2.75, 3.05) is 30.6 Å². The zero-order valence-corrected chi connectivity index (χ0v) is 21.2. The number of alkyl halides is 6. The van der Waals surface area contributed by atoms with Crippen molar-refractivity contribution in [1.82, 2.24) is 25.9 Å². The molecular weight excluding hydrogens is 564 g/mol. The first-order chi connectivity index (χ1) is 19.2. The van der Waals surface area contributed by atoms with Crippen molar-refractivity contribution in [3.8, 4) is 11.4 Å². The lowest BCUT2D eigenvalue weighted by molar-refractivity contribution is -0.159. The van der Waals surface area contributed by atoms with Gasteiger partial charge in [0.25, 0.3) is 0 Å². The molecule has 0 spiro atoms. The summed E-state index contributed by atoms with van der Waals surface area (Å²) in [5.74, 6) is -2.90. The van der Waals surface area contributed by atoms with E-state index in [9.17, 15) is 35.9 Å². The highest BCUT2D eigenvalue weighted by Gasteiger charge is 2.40. The number of halogens is 6. The average Bonchev–Trinajstić information content (AvgIpc) is 3.62. The van der Waals surface area contributed by atoms with Crippen LogP contribution in [0.2, 0.25) is 0 Å². The average molecular weight is 585 g/mol. The van der Waals surface area contributed by atoms with Crippen LogP contribution in [0.25, 0.3) is 11.4 Å². The maximum absolute atomic E-state index is 13.0. The van der Waals surface area contributed by atoms with Gasteiger partial charge >= 0.3 is 30.3 Å². The highest BCUT2D eigenvalue weighted by molar-refractivity contribution is 5.96. The van der Waals surface area contributed by atoms with Crippen LogP contribution < -0.4 is 20.5 Å². The van der Waals surface area contributed by atoms with Crippen LogP contribution in [-0.2, 0) is 17.5 Å². The molecular formula is C24H21F6N7O4. The number of hydrogen-bond acceptors (Lipinski definition) is 7. The number of anilines is 2. The summed E-state index contributed by atoms with van der Waals surface area (Å²) in [6.07, 6.45) is -8.64. The van der Waals surface area contributed by atoms with Crippen molar-refractivity contribution < 1.29 is 45.2 Å². The van der Waals surface area contributed by atoms with Crippen LogP contribution in [0.15, 0.2) is 65.0 Å². The van der Waals surface area contributed by atoms with Crippen LogP contribution in [0.5, 0.6) is 0 Å². The summed E-state index contributed by atoms with van der Waals surface area (Å²) in [6, 6.07) is 10.7. The molecule has 0 atom stereocenters. The molecule has 4 rings (SSSR count). The molecule has 4 amide bonds. The molecule has 0 saturated heterocycles. The quantitative estimate of drug-likeness (QED) is 0.325. The summed E-state index contributed by atoms with van der Waals surface area (Å²) < 4.78 is 85.8. The Kier molecular flexibility index (Phi) is 7.98. The number of ether oxygens (including phenoxy) is 1. The number of amides is 4. The summed E-state index contributed by atoms with van der Waals surface area (Å²) >= 11 is 0. The Morgan fingerprint density at radius 3 is 2.27 bits per heavy atom. The minimum absolute atomic E-state index is 0.000868. The SMILES string of the molecule is CN(NC(=O)N(C)c1ccccc1N1C=C(C(F)(F)F)OC1)C(=O)NCc1ccc(-c2noc(C(F)(F)F)n2)cc1. The fraction of sp³-hybridized carbons (Fsp3) is 0.250. The lowest BCUT2D eigenvalue weighted by atomic mass is 10.1. The van der Waals surface area contributed by atoms with E-state index in [0.29, 0.717) is 5.56 Å². The van der Waals surface area contributed by atoms with Gasteiger partial charge in [-0.25, -0.2) is 20.0 Å². The van der Waals surface area contributed by atoms with Crippen molar-refractivity contribution in [1.29, 1.82) is 0 Å². The normalized spacial score (nSPS) is 13.4. The lowest BCUT2D eigenvalue weighted by Gasteiger charge is -2.27. The van der Waals surface area contributed by atoms with Crippen molar-refractivity contribution in [3.05, 3.63) is 71.9 Å². The highest BCUT2D eigenvalue weighted by Crippen LogP contribution is 2.36. The first kappa shape index (κ1) is 29.0. The van der Waals surface area contributed by atoms with E-state index in [-0.39, 0.29) is 29.3 Å². The van der Waals surface area contributed by atoms with Gasteiger partial charge in [0.1, 0.15) is 0 Å². The summed E-state index contributed by atoms with van der Waals surface area (Å²) in [6.45, 7) is -0.408. The van der Waals surface area contributed by atoms with Gasteiger partial charge in [0.15, 0.2) is 6.73 Å². The highest BCUT2D eigenvalue weighted by atomic mass is 19.4.